The standard InChI is InChI=1S/C22H28N2O2S/c1-19-7-5-6-10-21(19)15-23-13-11-22(17-23)12-14-24(18-22)27(25,26)16-20-8-3-2-4-9-20/h2-10H,11-18H2,1H3. The maximum atomic E-state index is 12.9. The van der Waals surface area contributed by atoms with Crippen molar-refractivity contribution in [3.05, 3.63) is 71.3 Å². The number of rotatable bonds is 5. The molecule has 1 atom stereocenters. The minimum atomic E-state index is -3.24. The van der Waals surface area contributed by atoms with Gasteiger partial charge < -0.3 is 0 Å². The molecule has 2 heterocycles. The van der Waals surface area contributed by atoms with Gasteiger partial charge in [-0.05, 0) is 48.4 Å². The first-order valence-electron chi connectivity index (χ1n) is 9.75. The van der Waals surface area contributed by atoms with Crippen LogP contribution in [0.1, 0.15) is 29.5 Å². The number of benzene rings is 2. The highest BCUT2D eigenvalue weighted by Gasteiger charge is 2.46. The quantitative estimate of drug-likeness (QED) is 0.793. The molecular formula is C22H28N2O2S. The minimum absolute atomic E-state index is 0.108. The summed E-state index contributed by atoms with van der Waals surface area (Å²) in [5.41, 5.74) is 3.70. The topological polar surface area (TPSA) is 40.6 Å². The maximum Gasteiger partial charge on any atom is 0.218 e. The molecule has 2 aromatic rings. The average molecular weight is 385 g/mol. The van der Waals surface area contributed by atoms with E-state index < -0.39 is 10.0 Å². The number of aryl methyl sites for hydroxylation is 1. The molecule has 0 aliphatic carbocycles. The number of hydrogen-bond donors (Lipinski definition) is 0. The second kappa shape index (κ2) is 7.38. The van der Waals surface area contributed by atoms with Crippen LogP contribution in [0, 0.1) is 12.3 Å². The summed E-state index contributed by atoms with van der Waals surface area (Å²) in [6.07, 6.45) is 2.07. The normalized spacial score (nSPS) is 24.0. The van der Waals surface area contributed by atoms with E-state index in [0.717, 1.165) is 38.0 Å². The Hall–Kier alpha value is -1.69. The first kappa shape index (κ1) is 18.7. The van der Waals surface area contributed by atoms with Gasteiger partial charge in [0, 0.05) is 26.2 Å². The van der Waals surface area contributed by atoms with E-state index in [1.165, 1.54) is 11.1 Å². The minimum Gasteiger partial charge on any atom is -0.298 e. The smallest absolute Gasteiger partial charge is 0.218 e. The lowest BCUT2D eigenvalue weighted by Crippen LogP contribution is -2.34. The highest BCUT2D eigenvalue weighted by molar-refractivity contribution is 7.88. The molecule has 0 radical (unpaired) electrons. The summed E-state index contributed by atoms with van der Waals surface area (Å²) in [5, 5.41) is 0. The molecule has 0 amide bonds. The summed E-state index contributed by atoms with van der Waals surface area (Å²) in [6, 6.07) is 18.0. The van der Waals surface area contributed by atoms with E-state index in [-0.39, 0.29) is 11.2 Å². The number of hydrogen-bond acceptors (Lipinski definition) is 3. The average Bonchev–Trinajstić information content (AvgIpc) is 3.25. The van der Waals surface area contributed by atoms with Crippen LogP contribution in [0.4, 0.5) is 0 Å². The van der Waals surface area contributed by atoms with Crippen LogP contribution in [0.3, 0.4) is 0 Å². The second-order valence-electron chi connectivity index (χ2n) is 8.21. The van der Waals surface area contributed by atoms with Crippen LogP contribution in [0.15, 0.2) is 54.6 Å². The second-order valence-corrected chi connectivity index (χ2v) is 10.2. The summed E-state index contributed by atoms with van der Waals surface area (Å²) in [4.78, 5) is 2.50. The van der Waals surface area contributed by atoms with E-state index in [1.54, 1.807) is 4.31 Å². The zero-order valence-electron chi connectivity index (χ0n) is 16.0. The summed E-state index contributed by atoms with van der Waals surface area (Å²) in [7, 11) is -3.24. The van der Waals surface area contributed by atoms with Crippen molar-refractivity contribution in [2.24, 2.45) is 5.41 Å². The summed E-state index contributed by atoms with van der Waals surface area (Å²) >= 11 is 0. The summed E-state index contributed by atoms with van der Waals surface area (Å²) < 4.78 is 27.5. The maximum absolute atomic E-state index is 12.9. The molecule has 1 unspecified atom stereocenters. The third-order valence-electron chi connectivity index (χ3n) is 6.16. The molecule has 2 aliphatic rings. The van der Waals surface area contributed by atoms with E-state index in [4.69, 9.17) is 0 Å². The van der Waals surface area contributed by atoms with Crippen LogP contribution in [0.25, 0.3) is 0 Å². The zero-order valence-corrected chi connectivity index (χ0v) is 16.8. The van der Waals surface area contributed by atoms with Crippen LogP contribution in [-0.2, 0) is 22.3 Å². The van der Waals surface area contributed by atoms with Gasteiger partial charge in [-0.15, -0.1) is 0 Å². The molecule has 2 aromatic carbocycles. The van der Waals surface area contributed by atoms with E-state index >= 15 is 0 Å². The van der Waals surface area contributed by atoms with Crippen molar-refractivity contribution in [2.45, 2.75) is 32.1 Å². The van der Waals surface area contributed by atoms with Crippen molar-refractivity contribution in [1.29, 1.82) is 0 Å². The van der Waals surface area contributed by atoms with Gasteiger partial charge in [-0.2, -0.15) is 0 Å². The van der Waals surface area contributed by atoms with Gasteiger partial charge in [0.05, 0.1) is 5.75 Å². The fourth-order valence-electron chi connectivity index (χ4n) is 4.53. The molecule has 1 spiro atoms. The third-order valence-corrected chi connectivity index (χ3v) is 7.96. The third kappa shape index (κ3) is 4.10. The largest absolute Gasteiger partial charge is 0.298 e. The SMILES string of the molecule is Cc1ccccc1CN1CCC2(CCN(S(=O)(=O)Cc3ccccc3)C2)C1. The van der Waals surface area contributed by atoms with Gasteiger partial charge in [0.25, 0.3) is 0 Å². The van der Waals surface area contributed by atoms with E-state index in [2.05, 4.69) is 36.1 Å². The lowest BCUT2D eigenvalue weighted by atomic mass is 9.86. The van der Waals surface area contributed by atoms with E-state index in [1.807, 2.05) is 30.3 Å². The van der Waals surface area contributed by atoms with Crippen molar-refractivity contribution in [1.82, 2.24) is 9.21 Å². The van der Waals surface area contributed by atoms with Gasteiger partial charge in [-0.1, -0.05) is 54.6 Å². The molecule has 4 nitrogen and oxygen atoms in total. The van der Waals surface area contributed by atoms with Crippen LogP contribution in [0.2, 0.25) is 0 Å². The summed E-state index contributed by atoms with van der Waals surface area (Å²) in [5.74, 6) is 0.108. The molecule has 4 rings (SSSR count). The lowest BCUT2D eigenvalue weighted by Gasteiger charge is -2.25. The van der Waals surface area contributed by atoms with Gasteiger partial charge in [0.1, 0.15) is 0 Å². The monoisotopic (exact) mass is 384 g/mol. The Morgan fingerprint density at radius 1 is 0.926 bits per heavy atom. The molecular weight excluding hydrogens is 356 g/mol. The predicted molar refractivity (Wildman–Crippen MR) is 109 cm³/mol. The van der Waals surface area contributed by atoms with Gasteiger partial charge in [-0.3, -0.25) is 4.90 Å². The van der Waals surface area contributed by atoms with E-state index in [9.17, 15) is 8.42 Å². The molecule has 144 valence electrons. The van der Waals surface area contributed by atoms with Gasteiger partial charge in [0.2, 0.25) is 10.0 Å². The Morgan fingerprint density at radius 2 is 1.63 bits per heavy atom. The molecule has 2 saturated heterocycles. The Bertz CT molecular complexity index is 898. The fraction of sp³-hybridized carbons (Fsp3) is 0.455. The van der Waals surface area contributed by atoms with Crippen LogP contribution in [-0.4, -0.2) is 43.8 Å². The Labute approximate surface area is 162 Å². The molecule has 5 heteroatoms. The lowest BCUT2D eigenvalue weighted by molar-refractivity contribution is 0.260. The van der Waals surface area contributed by atoms with E-state index in [0.29, 0.717) is 13.1 Å². The molecule has 2 fully saturated rings. The molecule has 0 bridgehead atoms. The number of sulfonamides is 1. The van der Waals surface area contributed by atoms with Crippen molar-refractivity contribution < 1.29 is 8.42 Å². The first-order chi connectivity index (χ1) is 13.0. The van der Waals surface area contributed by atoms with Crippen molar-refractivity contribution in [2.75, 3.05) is 26.2 Å². The number of nitrogens with zero attached hydrogens (tertiary/aromatic N) is 2. The van der Waals surface area contributed by atoms with Crippen molar-refractivity contribution >= 4 is 10.0 Å². The Morgan fingerprint density at radius 3 is 2.41 bits per heavy atom. The molecule has 0 aromatic heterocycles. The van der Waals surface area contributed by atoms with Crippen LogP contribution < -0.4 is 0 Å². The van der Waals surface area contributed by atoms with Gasteiger partial charge in [0.15, 0.2) is 0 Å². The zero-order chi connectivity index (χ0) is 18.9. The Kier molecular flexibility index (Phi) is 5.10. The Balaban J connectivity index is 1.40. The first-order valence-corrected chi connectivity index (χ1v) is 11.4. The molecule has 0 N–H and O–H groups in total. The van der Waals surface area contributed by atoms with Gasteiger partial charge >= 0.3 is 0 Å². The summed E-state index contributed by atoms with van der Waals surface area (Å²) in [6.45, 7) is 6.51. The van der Waals surface area contributed by atoms with Gasteiger partial charge in [-0.25, -0.2) is 12.7 Å². The van der Waals surface area contributed by atoms with Crippen LogP contribution in [0.5, 0.6) is 0 Å². The number of likely N-dealkylation sites (tertiary alicyclic amines) is 1. The van der Waals surface area contributed by atoms with Crippen molar-refractivity contribution in [3.63, 3.8) is 0 Å². The predicted octanol–water partition coefficient (Wildman–Crippen LogP) is 3.42. The highest BCUT2D eigenvalue weighted by Crippen LogP contribution is 2.41. The molecule has 2 aliphatic heterocycles. The highest BCUT2D eigenvalue weighted by atomic mass is 32.2. The molecule has 0 saturated carbocycles. The fourth-order valence-corrected chi connectivity index (χ4v) is 6.17. The van der Waals surface area contributed by atoms with Crippen molar-refractivity contribution in [3.8, 4) is 0 Å². The molecule has 27 heavy (non-hydrogen) atoms. The van der Waals surface area contributed by atoms with Crippen LogP contribution >= 0.6 is 0 Å².